The molecule has 0 radical (unpaired) electrons. The van der Waals surface area contributed by atoms with E-state index >= 15 is 0 Å². The number of urea groups is 1. The van der Waals surface area contributed by atoms with Gasteiger partial charge in [-0.15, -0.1) is 0 Å². The van der Waals surface area contributed by atoms with Crippen LogP contribution in [0.2, 0.25) is 0 Å². The van der Waals surface area contributed by atoms with Crippen molar-refractivity contribution < 1.29 is 28.9 Å². The minimum absolute atomic E-state index is 0.145. The van der Waals surface area contributed by atoms with Gasteiger partial charge in [-0.25, -0.2) is 9.59 Å². The highest BCUT2D eigenvalue weighted by Gasteiger charge is 2.30. The number of carbonyl (C=O) groups excluding carboxylic acids is 1. The average Bonchev–Trinajstić information content (AvgIpc) is 2.64. The van der Waals surface area contributed by atoms with Gasteiger partial charge in [0.1, 0.15) is 11.9 Å². The second kappa shape index (κ2) is 8.17. The molecular formula is C17H22N2O6. The molecule has 25 heavy (non-hydrogen) atoms. The minimum Gasteiger partial charge on any atom is -0.488 e. The molecule has 2 N–H and O–H groups in total. The zero-order valence-corrected chi connectivity index (χ0v) is 13.8. The molecule has 136 valence electrons. The fraction of sp³-hybridized carbons (Fsp3) is 0.529. The van der Waals surface area contributed by atoms with Gasteiger partial charge >= 0.3 is 12.0 Å². The fourth-order valence-electron chi connectivity index (χ4n) is 2.86. The van der Waals surface area contributed by atoms with Crippen molar-refractivity contribution in [2.24, 2.45) is 0 Å². The largest absolute Gasteiger partial charge is 0.488 e. The first-order valence-corrected chi connectivity index (χ1v) is 8.34. The molecule has 0 saturated carbocycles. The molecule has 0 bridgehead atoms. The van der Waals surface area contributed by atoms with Crippen LogP contribution < -0.4 is 10.1 Å². The number of carboxylic acids is 1. The first-order chi connectivity index (χ1) is 12.1. The van der Waals surface area contributed by atoms with Crippen molar-refractivity contribution in [3.05, 3.63) is 29.8 Å². The third kappa shape index (κ3) is 4.61. The Bertz CT molecular complexity index is 600. The summed E-state index contributed by atoms with van der Waals surface area (Å²) in [5.41, 5.74) is 0.205. The van der Waals surface area contributed by atoms with Gasteiger partial charge in [0.2, 0.25) is 0 Å². The number of hydrogen-bond acceptors (Lipinski definition) is 5. The lowest BCUT2D eigenvalue weighted by molar-refractivity contribution is -0.00428. The van der Waals surface area contributed by atoms with E-state index in [1.54, 1.807) is 17.0 Å². The minimum atomic E-state index is -0.978. The number of ether oxygens (including phenoxy) is 3. The van der Waals surface area contributed by atoms with Gasteiger partial charge in [-0.05, 0) is 24.3 Å². The summed E-state index contributed by atoms with van der Waals surface area (Å²) in [4.78, 5) is 25.0. The molecule has 3 rings (SSSR count). The van der Waals surface area contributed by atoms with E-state index in [2.05, 4.69) is 5.32 Å². The lowest BCUT2D eigenvalue weighted by atomic mass is 10.1. The van der Waals surface area contributed by atoms with Gasteiger partial charge in [-0.3, -0.25) is 0 Å². The summed E-state index contributed by atoms with van der Waals surface area (Å²) in [6.07, 6.45) is 0.420. The zero-order valence-electron chi connectivity index (χ0n) is 13.8. The fourth-order valence-corrected chi connectivity index (χ4v) is 2.86. The van der Waals surface area contributed by atoms with Gasteiger partial charge in [0.25, 0.3) is 0 Å². The Balaban J connectivity index is 1.60. The van der Waals surface area contributed by atoms with Crippen LogP contribution >= 0.6 is 0 Å². The van der Waals surface area contributed by atoms with Crippen LogP contribution in [0.5, 0.6) is 5.75 Å². The van der Waals surface area contributed by atoms with E-state index in [1.807, 2.05) is 0 Å². The maximum Gasteiger partial charge on any atom is 0.335 e. The lowest BCUT2D eigenvalue weighted by Crippen LogP contribution is -2.56. The number of amides is 2. The number of rotatable bonds is 4. The number of carboxylic acid groups (broad SMARTS) is 1. The van der Waals surface area contributed by atoms with Crippen LogP contribution in [-0.2, 0) is 9.47 Å². The summed E-state index contributed by atoms with van der Waals surface area (Å²) >= 11 is 0. The summed E-state index contributed by atoms with van der Waals surface area (Å²) in [5, 5.41) is 11.9. The second-order valence-electron chi connectivity index (χ2n) is 6.00. The van der Waals surface area contributed by atoms with E-state index in [1.165, 1.54) is 12.1 Å². The number of hydrogen-bond donors (Lipinski definition) is 2. The molecule has 2 aliphatic heterocycles. The quantitative estimate of drug-likeness (QED) is 0.840. The van der Waals surface area contributed by atoms with Gasteiger partial charge < -0.3 is 29.5 Å². The highest BCUT2D eigenvalue weighted by Crippen LogP contribution is 2.19. The Morgan fingerprint density at radius 2 is 1.84 bits per heavy atom. The number of nitrogens with one attached hydrogen (secondary N) is 1. The van der Waals surface area contributed by atoms with Gasteiger partial charge in [-0.2, -0.15) is 0 Å². The molecule has 0 aliphatic carbocycles. The van der Waals surface area contributed by atoms with Crippen molar-refractivity contribution in [1.82, 2.24) is 10.2 Å². The molecule has 1 aromatic rings. The maximum atomic E-state index is 12.4. The third-order valence-electron chi connectivity index (χ3n) is 4.29. The van der Waals surface area contributed by atoms with E-state index < -0.39 is 5.97 Å². The molecule has 2 aliphatic rings. The average molecular weight is 350 g/mol. The molecule has 8 nitrogen and oxygen atoms in total. The Morgan fingerprint density at radius 3 is 2.52 bits per heavy atom. The first kappa shape index (κ1) is 17.5. The predicted octanol–water partition coefficient (Wildman–Crippen LogP) is 0.963. The van der Waals surface area contributed by atoms with Crippen molar-refractivity contribution in [3.63, 3.8) is 0 Å². The number of nitrogens with zero attached hydrogens (tertiary/aromatic N) is 1. The summed E-state index contributed by atoms with van der Waals surface area (Å²) in [7, 11) is 0. The Morgan fingerprint density at radius 1 is 1.12 bits per heavy atom. The van der Waals surface area contributed by atoms with E-state index in [9.17, 15) is 9.59 Å². The summed E-state index contributed by atoms with van der Waals surface area (Å²) < 4.78 is 16.7. The molecular weight excluding hydrogens is 328 g/mol. The molecule has 2 fully saturated rings. The van der Waals surface area contributed by atoms with Crippen LogP contribution in [0.1, 0.15) is 16.8 Å². The van der Waals surface area contributed by atoms with Gasteiger partial charge in [-0.1, -0.05) is 0 Å². The van der Waals surface area contributed by atoms with Crippen molar-refractivity contribution >= 4 is 12.0 Å². The molecule has 0 aromatic heterocycles. The molecule has 0 spiro atoms. The van der Waals surface area contributed by atoms with Crippen molar-refractivity contribution in [3.8, 4) is 5.75 Å². The van der Waals surface area contributed by atoms with Gasteiger partial charge in [0.05, 0.1) is 38.0 Å². The van der Waals surface area contributed by atoms with Crippen molar-refractivity contribution in [2.45, 2.75) is 18.6 Å². The third-order valence-corrected chi connectivity index (χ3v) is 4.29. The highest BCUT2D eigenvalue weighted by atomic mass is 16.5. The summed E-state index contributed by atoms with van der Waals surface area (Å²) in [6.45, 7) is 3.17. The SMILES string of the molecule is O=C(O)c1ccc(O[C@@H]2CCOC[C@H]2NC(=O)N2CCOCC2)cc1. The second-order valence-corrected chi connectivity index (χ2v) is 6.00. The number of benzene rings is 1. The van der Waals surface area contributed by atoms with E-state index in [4.69, 9.17) is 19.3 Å². The van der Waals surface area contributed by atoms with Crippen LogP contribution in [0.4, 0.5) is 4.79 Å². The first-order valence-electron chi connectivity index (χ1n) is 8.34. The topological polar surface area (TPSA) is 97.3 Å². The molecule has 2 atom stereocenters. The van der Waals surface area contributed by atoms with E-state index in [0.29, 0.717) is 51.7 Å². The molecule has 2 saturated heterocycles. The van der Waals surface area contributed by atoms with Crippen LogP contribution in [-0.4, -0.2) is 73.7 Å². The molecule has 8 heteroatoms. The molecule has 2 amide bonds. The monoisotopic (exact) mass is 350 g/mol. The van der Waals surface area contributed by atoms with Crippen molar-refractivity contribution in [1.29, 1.82) is 0 Å². The van der Waals surface area contributed by atoms with Crippen LogP contribution in [0.25, 0.3) is 0 Å². The molecule has 2 heterocycles. The van der Waals surface area contributed by atoms with Gasteiger partial charge in [0, 0.05) is 19.5 Å². The smallest absolute Gasteiger partial charge is 0.335 e. The van der Waals surface area contributed by atoms with E-state index in [0.717, 1.165) is 0 Å². The number of carbonyl (C=O) groups is 2. The summed E-state index contributed by atoms with van der Waals surface area (Å²) in [6, 6.07) is 5.84. The highest BCUT2D eigenvalue weighted by molar-refractivity contribution is 5.87. The standard InChI is InChI=1S/C17H22N2O6/c20-16(21)12-1-3-13(4-2-12)25-15-5-8-24-11-14(15)18-17(22)19-6-9-23-10-7-19/h1-4,14-15H,5-11H2,(H,18,22)(H,20,21)/t14-,15-/m1/s1. The maximum absolute atomic E-state index is 12.4. The van der Waals surface area contributed by atoms with Crippen LogP contribution in [0.15, 0.2) is 24.3 Å². The Labute approximate surface area is 145 Å². The van der Waals surface area contributed by atoms with Crippen LogP contribution in [0, 0.1) is 0 Å². The molecule has 0 unspecified atom stereocenters. The normalized spacial score (nSPS) is 23.8. The number of morpholine rings is 1. The lowest BCUT2D eigenvalue weighted by Gasteiger charge is -2.35. The van der Waals surface area contributed by atoms with Gasteiger partial charge in [0.15, 0.2) is 0 Å². The predicted molar refractivity (Wildman–Crippen MR) is 88.0 cm³/mol. The molecule has 1 aromatic carbocycles. The van der Waals surface area contributed by atoms with E-state index in [-0.39, 0.29) is 23.7 Å². The Hall–Kier alpha value is -2.32. The van der Waals surface area contributed by atoms with Crippen LogP contribution in [0.3, 0.4) is 0 Å². The Kier molecular flexibility index (Phi) is 5.72. The number of aromatic carboxylic acids is 1. The summed E-state index contributed by atoms with van der Waals surface area (Å²) in [5.74, 6) is -0.407. The zero-order chi connectivity index (χ0) is 17.6. The van der Waals surface area contributed by atoms with Crippen molar-refractivity contribution in [2.75, 3.05) is 39.5 Å².